The molecule has 20 heavy (non-hydrogen) atoms. The second-order valence-corrected chi connectivity index (χ2v) is 5.53. The van der Waals surface area contributed by atoms with Gasteiger partial charge < -0.3 is 4.74 Å². The van der Waals surface area contributed by atoms with Gasteiger partial charge in [0.25, 0.3) is 0 Å². The van der Waals surface area contributed by atoms with Gasteiger partial charge in [0.15, 0.2) is 11.6 Å². The molecule has 1 aromatic carbocycles. The Kier molecular flexibility index (Phi) is 3.31. The van der Waals surface area contributed by atoms with Crippen LogP contribution < -0.4 is 4.74 Å². The van der Waals surface area contributed by atoms with Crippen LogP contribution in [0.15, 0.2) is 30.6 Å². The summed E-state index contributed by atoms with van der Waals surface area (Å²) in [4.78, 5) is 10.2. The zero-order valence-electron chi connectivity index (χ0n) is 10.6. The molecule has 2 heterocycles. The van der Waals surface area contributed by atoms with Crippen LogP contribution in [0.5, 0.6) is 5.88 Å². The first-order chi connectivity index (χ1) is 9.63. The third-order valence-corrected chi connectivity index (χ3v) is 3.73. The smallest absolute Gasteiger partial charge is 0.225 e. The zero-order chi connectivity index (χ0) is 14.1. The number of fused-ring (bicyclic) bond motifs is 1. The lowest BCUT2D eigenvalue weighted by molar-refractivity contribution is 0.296. The maximum absolute atomic E-state index is 13.1. The molecule has 0 atom stereocenters. The third-order valence-electron chi connectivity index (χ3n) is 2.78. The van der Waals surface area contributed by atoms with Gasteiger partial charge in [-0.05, 0) is 30.7 Å². The van der Waals surface area contributed by atoms with Gasteiger partial charge in [0, 0.05) is 4.88 Å². The van der Waals surface area contributed by atoms with E-state index in [0.29, 0.717) is 11.4 Å². The van der Waals surface area contributed by atoms with Crippen LogP contribution in [0.4, 0.5) is 8.78 Å². The number of nitrogens with zero attached hydrogens (tertiary/aromatic N) is 2. The zero-order valence-corrected chi connectivity index (χ0v) is 11.4. The predicted molar refractivity (Wildman–Crippen MR) is 72.8 cm³/mol. The van der Waals surface area contributed by atoms with Crippen molar-refractivity contribution in [3.63, 3.8) is 0 Å². The van der Waals surface area contributed by atoms with E-state index in [1.54, 1.807) is 11.3 Å². The standard InChI is InChI=1S/C14H10F2N2OS/c1-8-4-10-13(17-7-18-14(10)20-8)19-6-9-2-3-11(15)12(16)5-9/h2-5,7H,6H2,1H3. The summed E-state index contributed by atoms with van der Waals surface area (Å²) in [5.41, 5.74) is 0.544. The molecule has 0 aliphatic rings. The second kappa shape index (κ2) is 5.13. The van der Waals surface area contributed by atoms with E-state index in [1.807, 2.05) is 13.0 Å². The largest absolute Gasteiger partial charge is 0.472 e. The minimum Gasteiger partial charge on any atom is -0.472 e. The van der Waals surface area contributed by atoms with E-state index >= 15 is 0 Å². The van der Waals surface area contributed by atoms with E-state index < -0.39 is 11.6 Å². The van der Waals surface area contributed by atoms with E-state index in [1.165, 1.54) is 12.4 Å². The molecule has 102 valence electrons. The molecule has 3 rings (SSSR count). The maximum Gasteiger partial charge on any atom is 0.225 e. The number of thiophene rings is 1. The van der Waals surface area contributed by atoms with Crippen molar-refractivity contribution in [3.05, 3.63) is 52.7 Å². The van der Waals surface area contributed by atoms with Crippen molar-refractivity contribution in [2.45, 2.75) is 13.5 Å². The molecule has 6 heteroatoms. The number of benzene rings is 1. The van der Waals surface area contributed by atoms with Crippen molar-refractivity contribution in [1.82, 2.24) is 9.97 Å². The minimum atomic E-state index is -0.884. The average Bonchev–Trinajstić information content (AvgIpc) is 2.81. The van der Waals surface area contributed by atoms with Gasteiger partial charge in [-0.2, -0.15) is 0 Å². The average molecular weight is 292 g/mol. The first kappa shape index (κ1) is 12.9. The number of aromatic nitrogens is 2. The van der Waals surface area contributed by atoms with Crippen molar-refractivity contribution in [3.8, 4) is 5.88 Å². The van der Waals surface area contributed by atoms with Crippen LogP contribution in [0, 0.1) is 18.6 Å². The number of halogens is 2. The van der Waals surface area contributed by atoms with Gasteiger partial charge in [-0.25, -0.2) is 18.7 Å². The van der Waals surface area contributed by atoms with Crippen LogP contribution in [0.1, 0.15) is 10.4 Å². The minimum absolute atomic E-state index is 0.123. The van der Waals surface area contributed by atoms with Gasteiger partial charge in [0.2, 0.25) is 5.88 Å². The van der Waals surface area contributed by atoms with Crippen molar-refractivity contribution < 1.29 is 13.5 Å². The molecular weight excluding hydrogens is 282 g/mol. The molecule has 3 nitrogen and oxygen atoms in total. The molecule has 3 aromatic rings. The first-order valence-corrected chi connectivity index (χ1v) is 6.73. The van der Waals surface area contributed by atoms with Gasteiger partial charge in [0.05, 0.1) is 5.39 Å². The summed E-state index contributed by atoms with van der Waals surface area (Å²) in [6.07, 6.45) is 1.43. The van der Waals surface area contributed by atoms with Crippen LogP contribution in [-0.4, -0.2) is 9.97 Å². The fourth-order valence-electron chi connectivity index (χ4n) is 1.85. The Morgan fingerprint density at radius 2 is 2.00 bits per heavy atom. The SMILES string of the molecule is Cc1cc2c(OCc3ccc(F)c(F)c3)ncnc2s1. The molecule has 0 unspecified atom stereocenters. The van der Waals surface area contributed by atoms with E-state index in [0.717, 1.165) is 27.2 Å². The summed E-state index contributed by atoms with van der Waals surface area (Å²) < 4.78 is 31.5. The molecule has 2 aromatic heterocycles. The van der Waals surface area contributed by atoms with Crippen LogP contribution in [0.25, 0.3) is 10.2 Å². The summed E-state index contributed by atoms with van der Waals surface area (Å²) in [6, 6.07) is 5.63. The molecule has 0 aliphatic heterocycles. The Balaban J connectivity index is 1.84. The highest BCUT2D eigenvalue weighted by Crippen LogP contribution is 2.29. The molecule has 0 N–H and O–H groups in total. The Hall–Kier alpha value is -2.08. The summed E-state index contributed by atoms with van der Waals surface area (Å²) in [6.45, 7) is 2.10. The van der Waals surface area contributed by atoms with Crippen molar-refractivity contribution in [2.24, 2.45) is 0 Å². The van der Waals surface area contributed by atoms with Crippen molar-refractivity contribution >= 4 is 21.6 Å². The normalized spacial score (nSPS) is 10.9. The Bertz CT molecular complexity index is 773. The summed E-state index contributed by atoms with van der Waals surface area (Å²) >= 11 is 1.55. The number of ether oxygens (including phenoxy) is 1. The molecular formula is C14H10F2N2OS. The van der Waals surface area contributed by atoms with Gasteiger partial charge >= 0.3 is 0 Å². The Labute approximate surface area is 117 Å². The van der Waals surface area contributed by atoms with Gasteiger partial charge in [-0.15, -0.1) is 11.3 Å². The summed E-state index contributed by atoms with van der Waals surface area (Å²) in [7, 11) is 0. The fourth-order valence-corrected chi connectivity index (χ4v) is 2.69. The highest BCUT2D eigenvalue weighted by atomic mass is 32.1. The number of hydrogen-bond donors (Lipinski definition) is 0. The quantitative estimate of drug-likeness (QED) is 0.735. The lowest BCUT2D eigenvalue weighted by Gasteiger charge is -2.06. The molecule has 0 bridgehead atoms. The topological polar surface area (TPSA) is 35.0 Å². The van der Waals surface area contributed by atoms with Crippen LogP contribution in [0.2, 0.25) is 0 Å². The predicted octanol–water partition coefficient (Wildman–Crippen LogP) is 3.86. The lowest BCUT2D eigenvalue weighted by Crippen LogP contribution is -1.99. The molecule has 0 aliphatic carbocycles. The van der Waals surface area contributed by atoms with Crippen molar-refractivity contribution in [1.29, 1.82) is 0 Å². The maximum atomic E-state index is 13.1. The second-order valence-electron chi connectivity index (χ2n) is 4.29. The Morgan fingerprint density at radius 3 is 2.80 bits per heavy atom. The van der Waals surface area contributed by atoms with Crippen LogP contribution in [-0.2, 0) is 6.61 Å². The first-order valence-electron chi connectivity index (χ1n) is 5.91. The monoisotopic (exact) mass is 292 g/mol. The third kappa shape index (κ3) is 2.46. The Morgan fingerprint density at radius 1 is 1.15 bits per heavy atom. The van der Waals surface area contributed by atoms with Gasteiger partial charge in [-0.1, -0.05) is 6.07 Å². The van der Waals surface area contributed by atoms with Crippen LogP contribution >= 0.6 is 11.3 Å². The van der Waals surface area contributed by atoms with Crippen molar-refractivity contribution in [2.75, 3.05) is 0 Å². The van der Waals surface area contributed by atoms with Gasteiger partial charge in [-0.3, -0.25) is 0 Å². The fraction of sp³-hybridized carbons (Fsp3) is 0.143. The molecule has 0 amide bonds. The van der Waals surface area contributed by atoms with E-state index in [2.05, 4.69) is 9.97 Å². The molecule has 0 fully saturated rings. The summed E-state index contributed by atoms with van der Waals surface area (Å²) in [5, 5.41) is 0.831. The molecule has 0 saturated heterocycles. The summed E-state index contributed by atoms with van der Waals surface area (Å²) in [5.74, 6) is -1.30. The van der Waals surface area contributed by atoms with E-state index in [-0.39, 0.29) is 6.61 Å². The lowest BCUT2D eigenvalue weighted by atomic mass is 10.2. The number of aryl methyl sites for hydroxylation is 1. The molecule has 0 saturated carbocycles. The molecule has 0 radical (unpaired) electrons. The van der Waals surface area contributed by atoms with E-state index in [4.69, 9.17) is 4.74 Å². The highest BCUT2D eigenvalue weighted by Gasteiger charge is 2.09. The highest BCUT2D eigenvalue weighted by molar-refractivity contribution is 7.18. The van der Waals surface area contributed by atoms with E-state index in [9.17, 15) is 8.78 Å². The number of rotatable bonds is 3. The number of hydrogen-bond acceptors (Lipinski definition) is 4. The molecule has 0 spiro atoms. The van der Waals surface area contributed by atoms with Gasteiger partial charge in [0.1, 0.15) is 17.8 Å². The van der Waals surface area contributed by atoms with Crippen LogP contribution in [0.3, 0.4) is 0 Å².